The summed E-state index contributed by atoms with van der Waals surface area (Å²) in [6, 6.07) is 8.96. The van der Waals surface area contributed by atoms with Crippen molar-refractivity contribution in [2.45, 2.75) is 13.5 Å². The molecule has 5 heteroatoms. The van der Waals surface area contributed by atoms with Crippen molar-refractivity contribution in [2.75, 3.05) is 13.2 Å². The van der Waals surface area contributed by atoms with Crippen LogP contribution in [-0.4, -0.2) is 22.7 Å². The number of aryl methyl sites for hydroxylation is 1. The van der Waals surface area contributed by atoms with Gasteiger partial charge in [-0.25, -0.2) is 4.98 Å². The van der Waals surface area contributed by atoms with Gasteiger partial charge in [-0.1, -0.05) is 17.9 Å². The minimum atomic E-state index is -0.0753. The van der Waals surface area contributed by atoms with E-state index in [2.05, 4.69) is 16.8 Å². The Hall–Kier alpha value is -2.58. The summed E-state index contributed by atoms with van der Waals surface area (Å²) >= 11 is 0. The van der Waals surface area contributed by atoms with Crippen LogP contribution in [0, 0.1) is 18.8 Å². The number of aromatic nitrogens is 2. The number of ether oxygens (including phenoxy) is 1. The first-order chi connectivity index (χ1) is 10.2. The molecule has 1 heterocycles. The Morgan fingerprint density at radius 3 is 3.00 bits per heavy atom. The summed E-state index contributed by atoms with van der Waals surface area (Å²) in [6.45, 7) is 2.95. The Kier molecular flexibility index (Phi) is 5.13. The van der Waals surface area contributed by atoms with Gasteiger partial charge in [-0.15, -0.1) is 0 Å². The molecule has 1 aromatic heterocycles. The zero-order chi connectivity index (χ0) is 15.1. The first-order valence-corrected chi connectivity index (χ1v) is 6.64. The van der Waals surface area contributed by atoms with E-state index in [1.807, 2.05) is 24.3 Å². The molecule has 0 radical (unpaired) electrons. The first kappa shape index (κ1) is 14.8. The number of nitrogens with two attached hydrogens (primary N) is 1. The Morgan fingerprint density at radius 2 is 2.24 bits per heavy atom. The van der Waals surface area contributed by atoms with E-state index in [0.29, 0.717) is 31.1 Å². The van der Waals surface area contributed by atoms with Crippen LogP contribution in [0.5, 0.6) is 5.75 Å². The van der Waals surface area contributed by atoms with Crippen LogP contribution in [0.15, 0.2) is 41.5 Å². The molecule has 0 bridgehead atoms. The maximum Gasteiger partial charge on any atom is 0.253 e. The maximum atomic E-state index is 11.7. The van der Waals surface area contributed by atoms with Crippen molar-refractivity contribution in [1.82, 2.24) is 9.55 Å². The number of rotatable bonds is 4. The lowest BCUT2D eigenvalue weighted by molar-refractivity contribution is 0.295. The third-order valence-corrected chi connectivity index (χ3v) is 2.79. The molecular weight excluding hydrogens is 266 g/mol. The predicted octanol–water partition coefficient (Wildman–Crippen LogP) is 0.941. The fourth-order valence-electron chi connectivity index (χ4n) is 1.76. The highest BCUT2D eigenvalue weighted by molar-refractivity contribution is 5.39. The lowest BCUT2D eigenvalue weighted by Crippen LogP contribution is -2.23. The van der Waals surface area contributed by atoms with Crippen molar-refractivity contribution in [1.29, 1.82) is 0 Å². The summed E-state index contributed by atoms with van der Waals surface area (Å²) in [4.78, 5) is 15.8. The van der Waals surface area contributed by atoms with E-state index in [0.717, 1.165) is 5.56 Å². The smallest absolute Gasteiger partial charge is 0.253 e. The molecule has 2 rings (SSSR count). The van der Waals surface area contributed by atoms with E-state index < -0.39 is 0 Å². The molecule has 5 nitrogen and oxygen atoms in total. The molecule has 0 aliphatic carbocycles. The van der Waals surface area contributed by atoms with Gasteiger partial charge in [0.2, 0.25) is 0 Å². The van der Waals surface area contributed by atoms with Crippen molar-refractivity contribution >= 4 is 0 Å². The molecule has 0 aliphatic heterocycles. The number of nitrogens with zero attached hydrogens (tertiary/aromatic N) is 2. The number of hydrogen-bond acceptors (Lipinski definition) is 4. The second-order valence-electron chi connectivity index (χ2n) is 4.44. The van der Waals surface area contributed by atoms with E-state index in [1.165, 1.54) is 17.0 Å². The van der Waals surface area contributed by atoms with Crippen molar-refractivity contribution in [3.05, 3.63) is 58.3 Å². The van der Waals surface area contributed by atoms with Crippen molar-refractivity contribution in [3.63, 3.8) is 0 Å². The van der Waals surface area contributed by atoms with Crippen LogP contribution in [0.25, 0.3) is 0 Å². The summed E-state index contributed by atoms with van der Waals surface area (Å²) in [5, 5.41) is 0. The molecule has 0 amide bonds. The van der Waals surface area contributed by atoms with Gasteiger partial charge in [0, 0.05) is 17.3 Å². The van der Waals surface area contributed by atoms with E-state index in [4.69, 9.17) is 10.5 Å². The Labute approximate surface area is 123 Å². The first-order valence-electron chi connectivity index (χ1n) is 6.64. The molecule has 0 spiro atoms. The highest BCUT2D eigenvalue weighted by atomic mass is 16.5. The van der Waals surface area contributed by atoms with Gasteiger partial charge in [0.15, 0.2) is 0 Å². The Morgan fingerprint density at radius 1 is 1.38 bits per heavy atom. The van der Waals surface area contributed by atoms with E-state index >= 15 is 0 Å². The molecule has 0 aliphatic rings. The van der Waals surface area contributed by atoms with Crippen LogP contribution in [0.1, 0.15) is 11.3 Å². The second-order valence-corrected chi connectivity index (χ2v) is 4.44. The van der Waals surface area contributed by atoms with Gasteiger partial charge >= 0.3 is 0 Å². The molecule has 2 aromatic rings. The predicted molar refractivity (Wildman–Crippen MR) is 81.1 cm³/mol. The summed E-state index contributed by atoms with van der Waals surface area (Å²) in [7, 11) is 0. The van der Waals surface area contributed by atoms with Gasteiger partial charge in [0.05, 0.1) is 19.4 Å². The Bertz CT molecular complexity index is 726. The Balaban J connectivity index is 1.95. The molecule has 0 unspecified atom stereocenters. The van der Waals surface area contributed by atoms with Crippen LogP contribution in [-0.2, 0) is 6.54 Å². The van der Waals surface area contributed by atoms with Gasteiger partial charge < -0.3 is 10.5 Å². The molecule has 1 aromatic carbocycles. The van der Waals surface area contributed by atoms with Gasteiger partial charge in [-0.05, 0) is 25.1 Å². The lowest BCUT2D eigenvalue weighted by Gasteiger charge is -2.08. The molecule has 0 saturated carbocycles. The highest BCUT2D eigenvalue weighted by Gasteiger charge is 1.99. The van der Waals surface area contributed by atoms with Crippen LogP contribution in [0.2, 0.25) is 0 Å². The van der Waals surface area contributed by atoms with Gasteiger partial charge in [-0.2, -0.15) is 0 Å². The van der Waals surface area contributed by atoms with Crippen LogP contribution in [0.4, 0.5) is 0 Å². The summed E-state index contributed by atoms with van der Waals surface area (Å²) in [6.07, 6.45) is 1.53. The SMILES string of the molecule is Cc1cc(=O)n(CCOc2cccc(C#CCN)c2)cn1. The maximum absolute atomic E-state index is 11.7. The third kappa shape index (κ3) is 4.48. The monoisotopic (exact) mass is 283 g/mol. The molecule has 21 heavy (non-hydrogen) atoms. The highest BCUT2D eigenvalue weighted by Crippen LogP contribution is 2.12. The van der Waals surface area contributed by atoms with Crippen LogP contribution >= 0.6 is 0 Å². The van der Waals surface area contributed by atoms with Crippen molar-refractivity contribution < 1.29 is 4.74 Å². The zero-order valence-corrected chi connectivity index (χ0v) is 11.9. The van der Waals surface area contributed by atoms with Gasteiger partial charge in [0.25, 0.3) is 5.56 Å². The van der Waals surface area contributed by atoms with Crippen LogP contribution < -0.4 is 16.0 Å². The fourth-order valence-corrected chi connectivity index (χ4v) is 1.76. The average Bonchev–Trinajstić information content (AvgIpc) is 2.48. The van der Waals surface area contributed by atoms with E-state index in [9.17, 15) is 4.79 Å². The van der Waals surface area contributed by atoms with Crippen molar-refractivity contribution in [2.24, 2.45) is 5.73 Å². The summed E-state index contributed by atoms with van der Waals surface area (Å²) in [5.74, 6) is 6.46. The quantitative estimate of drug-likeness (QED) is 0.848. The van der Waals surface area contributed by atoms with E-state index in [1.54, 1.807) is 6.92 Å². The zero-order valence-electron chi connectivity index (χ0n) is 11.9. The minimum absolute atomic E-state index is 0.0753. The molecule has 108 valence electrons. The molecular formula is C16H17N3O2. The van der Waals surface area contributed by atoms with E-state index in [-0.39, 0.29) is 5.56 Å². The average molecular weight is 283 g/mol. The van der Waals surface area contributed by atoms with Crippen molar-refractivity contribution in [3.8, 4) is 17.6 Å². The largest absolute Gasteiger partial charge is 0.492 e. The minimum Gasteiger partial charge on any atom is -0.492 e. The lowest BCUT2D eigenvalue weighted by atomic mass is 10.2. The molecule has 0 saturated heterocycles. The normalized spacial score (nSPS) is 9.81. The summed E-state index contributed by atoms with van der Waals surface area (Å²) < 4.78 is 7.15. The second kappa shape index (κ2) is 7.27. The molecule has 0 fully saturated rings. The topological polar surface area (TPSA) is 70.1 Å². The standard InChI is InChI=1S/C16H17N3O2/c1-13-10-16(20)19(12-18-13)8-9-21-15-6-2-4-14(11-15)5-3-7-17/h2,4,6,10-12H,7-9,17H2,1H3. The number of benzene rings is 1. The molecule has 2 N–H and O–H groups in total. The van der Waals surface area contributed by atoms with Gasteiger partial charge in [0.1, 0.15) is 12.4 Å². The number of hydrogen-bond donors (Lipinski definition) is 1. The summed E-state index contributed by atoms with van der Waals surface area (Å²) in [5.41, 5.74) is 6.83. The fraction of sp³-hybridized carbons (Fsp3) is 0.250. The third-order valence-electron chi connectivity index (χ3n) is 2.79. The van der Waals surface area contributed by atoms with Gasteiger partial charge in [-0.3, -0.25) is 9.36 Å². The van der Waals surface area contributed by atoms with Crippen LogP contribution in [0.3, 0.4) is 0 Å². The molecule has 0 atom stereocenters.